The van der Waals surface area contributed by atoms with E-state index in [0.29, 0.717) is 12.5 Å². The molecule has 1 fully saturated rings. The number of sulfonamides is 1. The van der Waals surface area contributed by atoms with E-state index in [1.54, 1.807) is 0 Å². The van der Waals surface area contributed by atoms with E-state index >= 15 is 0 Å². The van der Waals surface area contributed by atoms with Gasteiger partial charge in [-0.15, -0.1) is 0 Å². The molecule has 0 aliphatic heterocycles. The van der Waals surface area contributed by atoms with Gasteiger partial charge in [-0.05, 0) is 39.2 Å². The molecule has 0 heterocycles. The zero-order valence-electron chi connectivity index (χ0n) is 10.5. The summed E-state index contributed by atoms with van der Waals surface area (Å²) in [6.45, 7) is 6.86. The fourth-order valence-electron chi connectivity index (χ4n) is 1.89. The topological polar surface area (TPSA) is 58.2 Å². The van der Waals surface area contributed by atoms with E-state index in [2.05, 4.69) is 23.9 Å². The Kier molecular flexibility index (Phi) is 4.76. The van der Waals surface area contributed by atoms with E-state index in [9.17, 15) is 8.42 Å². The van der Waals surface area contributed by atoms with Crippen LogP contribution in [0.25, 0.3) is 0 Å². The highest BCUT2D eigenvalue weighted by Crippen LogP contribution is 2.31. The lowest BCUT2D eigenvalue weighted by Gasteiger charge is -2.38. The molecular formula is C11H24N2O2S. The van der Waals surface area contributed by atoms with Gasteiger partial charge < -0.3 is 5.32 Å². The van der Waals surface area contributed by atoms with Crippen molar-refractivity contribution in [2.24, 2.45) is 0 Å². The Labute approximate surface area is 99.2 Å². The first kappa shape index (κ1) is 13.9. The Morgan fingerprint density at radius 3 is 2.38 bits per heavy atom. The van der Waals surface area contributed by atoms with Crippen LogP contribution in [0.1, 0.15) is 46.5 Å². The summed E-state index contributed by atoms with van der Waals surface area (Å²) >= 11 is 0. The van der Waals surface area contributed by atoms with Crippen LogP contribution in [0.2, 0.25) is 0 Å². The smallest absolute Gasteiger partial charge is 0.212 e. The van der Waals surface area contributed by atoms with Gasteiger partial charge in [0, 0.05) is 11.6 Å². The lowest BCUT2D eigenvalue weighted by molar-refractivity contribution is 0.248. The summed E-state index contributed by atoms with van der Waals surface area (Å²) in [5, 5.41) is 3.22. The predicted molar refractivity (Wildman–Crippen MR) is 66.9 cm³/mol. The standard InChI is InChI=1S/C11H24N2O2S/c1-10(2)12-8-5-9-16(14,15)13-11(3)6-4-7-11/h10,12-13H,4-9H2,1-3H3. The molecule has 2 N–H and O–H groups in total. The third-order valence-corrected chi connectivity index (χ3v) is 4.63. The van der Waals surface area contributed by atoms with Gasteiger partial charge in [0.2, 0.25) is 10.0 Å². The van der Waals surface area contributed by atoms with Crippen molar-refractivity contribution in [2.45, 2.75) is 58.0 Å². The molecule has 0 radical (unpaired) electrons. The monoisotopic (exact) mass is 248 g/mol. The summed E-state index contributed by atoms with van der Waals surface area (Å²) in [5.74, 6) is 0.225. The maximum absolute atomic E-state index is 11.7. The molecule has 4 nitrogen and oxygen atoms in total. The number of nitrogens with one attached hydrogen (secondary N) is 2. The molecule has 16 heavy (non-hydrogen) atoms. The van der Waals surface area contributed by atoms with E-state index in [1.807, 2.05) is 6.92 Å². The normalized spacial score (nSPS) is 19.8. The fourth-order valence-corrected chi connectivity index (χ4v) is 3.47. The molecule has 0 aromatic heterocycles. The predicted octanol–water partition coefficient (Wildman–Crippen LogP) is 1.24. The highest BCUT2D eigenvalue weighted by molar-refractivity contribution is 7.89. The largest absolute Gasteiger partial charge is 0.314 e. The van der Waals surface area contributed by atoms with Crippen molar-refractivity contribution in [3.05, 3.63) is 0 Å². The van der Waals surface area contributed by atoms with Crippen LogP contribution in [-0.2, 0) is 10.0 Å². The van der Waals surface area contributed by atoms with Crippen LogP contribution in [-0.4, -0.2) is 32.3 Å². The molecule has 0 spiro atoms. The van der Waals surface area contributed by atoms with E-state index < -0.39 is 10.0 Å². The Hall–Kier alpha value is -0.130. The SMILES string of the molecule is CC(C)NCCCS(=O)(=O)NC1(C)CCC1. The Morgan fingerprint density at radius 2 is 1.94 bits per heavy atom. The average Bonchev–Trinajstić information content (AvgIpc) is 2.09. The van der Waals surface area contributed by atoms with Gasteiger partial charge in [0.15, 0.2) is 0 Å². The zero-order valence-corrected chi connectivity index (χ0v) is 11.4. The molecule has 1 aliphatic carbocycles. The molecule has 0 aromatic carbocycles. The van der Waals surface area contributed by atoms with Crippen LogP contribution in [0.3, 0.4) is 0 Å². The van der Waals surface area contributed by atoms with Gasteiger partial charge in [-0.2, -0.15) is 0 Å². The summed E-state index contributed by atoms with van der Waals surface area (Å²) in [4.78, 5) is 0. The van der Waals surface area contributed by atoms with E-state index in [-0.39, 0.29) is 11.3 Å². The van der Waals surface area contributed by atoms with Crippen LogP contribution >= 0.6 is 0 Å². The van der Waals surface area contributed by atoms with Crippen LogP contribution in [0, 0.1) is 0 Å². The van der Waals surface area contributed by atoms with Crippen LogP contribution in [0.5, 0.6) is 0 Å². The Balaban J connectivity index is 2.24. The zero-order chi connectivity index (χ0) is 12.2. The Morgan fingerprint density at radius 1 is 1.31 bits per heavy atom. The second-order valence-electron chi connectivity index (χ2n) is 5.30. The van der Waals surface area contributed by atoms with Crippen LogP contribution in [0.4, 0.5) is 0 Å². The first-order chi connectivity index (χ1) is 7.33. The number of hydrogen-bond acceptors (Lipinski definition) is 3. The number of rotatable bonds is 7. The van der Waals surface area contributed by atoms with Crippen molar-refractivity contribution in [3.8, 4) is 0 Å². The maximum Gasteiger partial charge on any atom is 0.212 e. The summed E-state index contributed by atoms with van der Waals surface area (Å²) in [7, 11) is -3.09. The van der Waals surface area contributed by atoms with Crippen molar-refractivity contribution < 1.29 is 8.42 Å². The lowest BCUT2D eigenvalue weighted by atomic mass is 9.80. The second kappa shape index (κ2) is 5.47. The average molecular weight is 248 g/mol. The third-order valence-electron chi connectivity index (χ3n) is 3.00. The van der Waals surface area contributed by atoms with Crippen molar-refractivity contribution in [1.29, 1.82) is 0 Å². The molecule has 5 heteroatoms. The molecule has 96 valence electrons. The summed E-state index contributed by atoms with van der Waals surface area (Å²) in [5.41, 5.74) is -0.162. The molecular weight excluding hydrogens is 224 g/mol. The maximum atomic E-state index is 11.7. The molecule has 0 bridgehead atoms. The van der Waals surface area contributed by atoms with Gasteiger partial charge in [0.1, 0.15) is 0 Å². The first-order valence-electron chi connectivity index (χ1n) is 6.08. The molecule has 0 unspecified atom stereocenters. The molecule has 0 saturated heterocycles. The van der Waals surface area contributed by atoms with Gasteiger partial charge in [0.05, 0.1) is 5.75 Å². The fraction of sp³-hybridized carbons (Fsp3) is 1.00. The quantitative estimate of drug-likeness (QED) is 0.666. The van der Waals surface area contributed by atoms with Crippen LogP contribution < -0.4 is 10.0 Å². The molecule has 0 atom stereocenters. The molecule has 1 rings (SSSR count). The minimum atomic E-state index is -3.09. The molecule has 1 aliphatic rings. The minimum Gasteiger partial charge on any atom is -0.314 e. The first-order valence-corrected chi connectivity index (χ1v) is 7.73. The van der Waals surface area contributed by atoms with Crippen molar-refractivity contribution in [2.75, 3.05) is 12.3 Å². The van der Waals surface area contributed by atoms with Crippen molar-refractivity contribution in [1.82, 2.24) is 10.0 Å². The van der Waals surface area contributed by atoms with Gasteiger partial charge in [0.25, 0.3) is 0 Å². The van der Waals surface area contributed by atoms with Crippen LogP contribution in [0.15, 0.2) is 0 Å². The summed E-state index contributed by atoms with van der Waals surface area (Å²) in [6.07, 6.45) is 3.74. The van der Waals surface area contributed by atoms with Gasteiger partial charge >= 0.3 is 0 Å². The Bertz CT molecular complexity index is 308. The van der Waals surface area contributed by atoms with E-state index in [0.717, 1.165) is 25.8 Å². The second-order valence-corrected chi connectivity index (χ2v) is 7.14. The van der Waals surface area contributed by atoms with Crippen molar-refractivity contribution >= 4 is 10.0 Å². The highest BCUT2D eigenvalue weighted by atomic mass is 32.2. The minimum absolute atomic E-state index is 0.162. The lowest BCUT2D eigenvalue weighted by Crippen LogP contribution is -2.51. The van der Waals surface area contributed by atoms with Gasteiger partial charge in [-0.25, -0.2) is 13.1 Å². The summed E-state index contributed by atoms with van der Waals surface area (Å²) in [6, 6.07) is 0.416. The van der Waals surface area contributed by atoms with E-state index in [1.165, 1.54) is 0 Å². The summed E-state index contributed by atoms with van der Waals surface area (Å²) < 4.78 is 26.3. The van der Waals surface area contributed by atoms with Gasteiger partial charge in [-0.3, -0.25) is 0 Å². The number of hydrogen-bond donors (Lipinski definition) is 2. The molecule has 0 amide bonds. The highest BCUT2D eigenvalue weighted by Gasteiger charge is 2.35. The van der Waals surface area contributed by atoms with Gasteiger partial charge in [-0.1, -0.05) is 13.8 Å². The molecule has 1 saturated carbocycles. The van der Waals surface area contributed by atoms with E-state index in [4.69, 9.17) is 0 Å². The molecule has 0 aromatic rings. The third kappa shape index (κ3) is 4.80. The van der Waals surface area contributed by atoms with Crippen molar-refractivity contribution in [3.63, 3.8) is 0 Å².